The second-order valence-corrected chi connectivity index (χ2v) is 16.4. The van der Waals surface area contributed by atoms with E-state index in [9.17, 15) is 0 Å². The van der Waals surface area contributed by atoms with E-state index in [1.54, 1.807) is 9.21 Å². The summed E-state index contributed by atoms with van der Waals surface area (Å²) in [7, 11) is -8.43. The Labute approximate surface area is 247 Å². The van der Waals surface area contributed by atoms with Crippen molar-refractivity contribution in [3.63, 3.8) is 0 Å². The van der Waals surface area contributed by atoms with E-state index in [1.807, 2.05) is 4.60 Å². The highest BCUT2D eigenvalue weighted by atomic mass is 31.3. The molecule has 40 heavy (non-hydrogen) atoms. The van der Waals surface area contributed by atoms with E-state index in [1.165, 1.54) is 0 Å². The fraction of sp³-hybridized carbons (Fsp3) is 1.00. The summed E-state index contributed by atoms with van der Waals surface area (Å²) >= 11 is 0. The molecule has 1 aliphatic rings. The molecule has 1 aliphatic heterocycles. The largest absolute Gasteiger partial charge is 0.328 e. The quantitative estimate of drug-likeness (QED) is 0.0933. The topological polar surface area (TPSA) is 95.9 Å². The zero-order valence-electron chi connectivity index (χ0n) is 26.2. The molecular formula is C24H56N4O8P4. The van der Waals surface area contributed by atoms with Gasteiger partial charge in [0.15, 0.2) is 0 Å². The molecule has 0 N–H and O–H groups in total. The number of hydrogen-bond donors (Lipinski definition) is 0. The van der Waals surface area contributed by atoms with Crippen molar-refractivity contribution >= 4 is 33.0 Å². The van der Waals surface area contributed by atoms with Crippen LogP contribution in [0.15, 0.2) is 4.52 Å². The van der Waals surface area contributed by atoms with E-state index in [0.29, 0.717) is 52.9 Å². The van der Waals surface area contributed by atoms with Gasteiger partial charge in [0.1, 0.15) is 0 Å². The van der Waals surface area contributed by atoms with Gasteiger partial charge in [-0.2, -0.15) is 4.52 Å². The lowest BCUT2D eigenvalue weighted by Crippen LogP contribution is -2.34. The van der Waals surface area contributed by atoms with Gasteiger partial charge in [0.2, 0.25) is 0 Å². The zero-order chi connectivity index (χ0) is 29.6. The maximum Gasteiger partial charge on any atom is 0.328 e. The molecule has 0 aromatic carbocycles. The lowest BCUT2D eigenvalue weighted by Gasteiger charge is -2.46. The van der Waals surface area contributed by atoms with Crippen LogP contribution >= 0.6 is 33.0 Å². The first-order valence-electron chi connectivity index (χ1n) is 15.0. The van der Waals surface area contributed by atoms with Crippen molar-refractivity contribution < 1.29 is 37.1 Å². The summed E-state index contributed by atoms with van der Waals surface area (Å²) in [5.74, 6) is 0. The van der Waals surface area contributed by atoms with Gasteiger partial charge in [-0.3, -0.25) is 14.5 Å². The summed E-state index contributed by atoms with van der Waals surface area (Å²) in [6, 6.07) is 0. The van der Waals surface area contributed by atoms with Crippen LogP contribution in [-0.2, 0) is 37.1 Å². The first-order chi connectivity index (χ1) is 19.5. The summed E-state index contributed by atoms with van der Waals surface area (Å²) in [6.07, 6.45) is 6.44. The highest BCUT2D eigenvalue weighted by Crippen LogP contribution is 2.79. The molecule has 0 bridgehead atoms. The average molecular weight is 653 g/mol. The molecule has 3 unspecified atom stereocenters. The Morgan fingerprint density at radius 2 is 0.900 bits per heavy atom. The predicted molar refractivity (Wildman–Crippen MR) is 166 cm³/mol. The number of hydrogen-bond acceptors (Lipinski definition) is 12. The van der Waals surface area contributed by atoms with Gasteiger partial charge in [-0.05, 0) is 56.0 Å². The van der Waals surface area contributed by atoms with Crippen molar-refractivity contribution in [1.82, 2.24) is 13.8 Å². The van der Waals surface area contributed by atoms with Gasteiger partial charge >= 0.3 is 7.66 Å². The van der Waals surface area contributed by atoms with Crippen molar-refractivity contribution in [3.05, 3.63) is 0 Å². The molecule has 12 nitrogen and oxygen atoms in total. The molecule has 0 saturated carbocycles. The van der Waals surface area contributed by atoms with E-state index in [4.69, 9.17) is 41.6 Å². The van der Waals surface area contributed by atoms with Gasteiger partial charge in [0.25, 0.3) is 25.3 Å². The number of rotatable bonds is 24. The van der Waals surface area contributed by atoms with E-state index in [-0.39, 0.29) is 0 Å². The maximum atomic E-state index is 6.61. The minimum absolute atomic E-state index is 0.438. The highest BCUT2D eigenvalue weighted by Gasteiger charge is 2.53. The van der Waals surface area contributed by atoms with E-state index < -0.39 is 33.0 Å². The van der Waals surface area contributed by atoms with Crippen LogP contribution in [0.25, 0.3) is 0 Å². The summed E-state index contributed by atoms with van der Waals surface area (Å²) < 4.78 is 43.3. The summed E-state index contributed by atoms with van der Waals surface area (Å²) in [4.78, 5) is 19.4. The third kappa shape index (κ3) is 13.0. The van der Waals surface area contributed by atoms with Gasteiger partial charge in [0.05, 0.1) is 52.9 Å². The Hall–Kier alpha value is 1.08. The van der Waals surface area contributed by atoms with Crippen LogP contribution in [0.4, 0.5) is 0 Å². The molecule has 3 atom stereocenters. The van der Waals surface area contributed by atoms with Crippen LogP contribution in [0.3, 0.4) is 0 Å². The summed E-state index contributed by atoms with van der Waals surface area (Å²) in [6.45, 7) is 20.3. The molecule has 0 amide bonds. The average Bonchev–Trinajstić information content (AvgIpc) is 2.97. The fourth-order valence-corrected chi connectivity index (χ4v) is 13.5. The molecule has 0 spiro atoms. The monoisotopic (exact) mass is 652 g/mol. The highest BCUT2D eigenvalue weighted by molar-refractivity contribution is 7.78. The Morgan fingerprint density at radius 1 is 0.475 bits per heavy atom. The minimum Gasteiger partial charge on any atom is -0.328 e. The van der Waals surface area contributed by atoms with Crippen molar-refractivity contribution in [1.29, 1.82) is 0 Å². The second-order valence-electron chi connectivity index (χ2n) is 8.76. The van der Waals surface area contributed by atoms with Crippen LogP contribution in [0.2, 0.25) is 0 Å². The molecule has 1 rings (SSSR count). The molecule has 1 heterocycles. The molecule has 0 fully saturated rings. The molecular weight excluding hydrogens is 596 g/mol. The first kappa shape index (κ1) is 39.1. The molecule has 16 heteroatoms. The van der Waals surface area contributed by atoms with Crippen molar-refractivity contribution in [2.45, 2.75) is 107 Å². The Balaban J connectivity index is 4.05. The Bertz CT molecular complexity index is 664. The maximum absolute atomic E-state index is 6.61. The fourth-order valence-electron chi connectivity index (χ4n) is 2.76. The molecule has 0 radical (unpaired) electrons. The lowest BCUT2D eigenvalue weighted by molar-refractivity contribution is -0.0954. The van der Waals surface area contributed by atoms with Crippen molar-refractivity contribution in [2.24, 2.45) is 4.52 Å². The normalized spacial score (nSPS) is 22.8. The predicted octanol–water partition coefficient (Wildman–Crippen LogP) is 9.69. The van der Waals surface area contributed by atoms with Crippen LogP contribution in [0.1, 0.15) is 107 Å². The lowest BCUT2D eigenvalue weighted by atomic mass is 10.5. The molecule has 0 aromatic heterocycles. The molecule has 0 aliphatic carbocycles. The number of nitrogens with zero attached hydrogens (tertiary/aromatic N) is 4. The van der Waals surface area contributed by atoms with E-state index in [2.05, 4.69) is 55.4 Å². The molecule has 240 valence electrons. The van der Waals surface area contributed by atoms with Crippen LogP contribution < -0.4 is 0 Å². The van der Waals surface area contributed by atoms with Crippen LogP contribution in [-0.4, -0.2) is 66.7 Å². The smallest absolute Gasteiger partial charge is 0.328 e. The Morgan fingerprint density at radius 3 is 1.40 bits per heavy atom. The first-order valence-corrected chi connectivity index (χ1v) is 20.1. The van der Waals surface area contributed by atoms with Gasteiger partial charge in [-0.1, -0.05) is 64.6 Å². The molecule has 0 saturated heterocycles. The summed E-state index contributed by atoms with van der Waals surface area (Å²) in [5.41, 5.74) is 0. The van der Waals surface area contributed by atoms with E-state index in [0.717, 1.165) is 51.4 Å². The Kier molecular flexibility index (Phi) is 23.9. The van der Waals surface area contributed by atoms with Crippen LogP contribution in [0.5, 0.6) is 0 Å². The van der Waals surface area contributed by atoms with Gasteiger partial charge in [-0.25, -0.2) is 0 Å². The SMILES string of the molecule is CCCON1P(OCCC)N=P(OCCC)(OCCC)N(OCCC)P(OCCC)N(OCCC)P1OCCC. The van der Waals surface area contributed by atoms with Crippen molar-refractivity contribution in [3.8, 4) is 0 Å². The van der Waals surface area contributed by atoms with Gasteiger partial charge in [0, 0.05) is 0 Å². The van der Waals surface area contributed by atoms with Gasteiger partial charge in [-0.15, -0.1) is 0 Å². The van der Waals surface area contributed by atoms with Crippen molar-refractivity contribution in [2.75, 3.05) is 52.9 Å². The summed E-state index contributed by atoms with van der Waals surface area (Å²) in [5, 5.41) is 0. The minimum atomic E-state index is -3.26. The molecule has 0 aromatic rings. The third-order valence-electron chi connectivity index (χ3n) is 4.53. The van der Waals surface area contributed by atoms with E-state index >= 15 is 0 Å². The zero-order valence-corrected chi connectivity index (χ0v) is 29.7. The third-order valence-corrected chi connectivity index (χ3v) is 13.9. The van der Waals surface area contributed by atoms with Crippen LogP contribution in [0, 0.1) is 0 Å². The van der Waals surface area contributed by atoms with Gasteiger partial charge < -0.3 is 22.6 Å². The second kappa shape index (κ2) is 24.4. The standard InChI is InChI=1S/C24H56N4O8P4/c1-9-17-29-26-37(32-20-12-4)25-40(35-23-15-7,36-24-16-8)28(31-19-11-3)39(34-22-14-6)27(30-18-10-2)38(26)33-21-13-5/h9-24H2,1-8H3.